The molecule has 4 fully saturated rings. The highest BCUT2D eigenvalue weighted by Gasteiger charge is 2.32. The van der Waals surface area contributed by atoms with E-state index in [9.17, 15) is 19.2 Å². The number of hydrogen-bond donors (Lipinski definition) is 8. The monoisotopic (exact) mass is 998 g/mol. The highest BCUT2D eigenvalue weighted by molar-refractivity contribution is 6.28. The molecule has 2 saturated heterocycles. The quantitative estimate of drug-likeness (QED) is 0.0544. The third-order valence-corrected chi connectivity index (χ3v) is 13.4. The van der Waals surface area contributed by atoms with Gasteiger partial charge in [-0.3, -0.25) is 31.3 Å². The minimum Gasteiger partial charge on any atom is -0.465 e. The zero-order valence-corrected chi connectivity index (χ0v) is 41.1. The summed E-state index contributed by atoms with van der Waals surface area (Å²) < 4.78 is 30.9. The number of carboxylic acid groups (broad SMARTS) is 2. The maximum absolute atomic E-state index is 15.4. The Bertz CT molecular complexity index is 1850. The lowest BCUT2D eigenvalue weighted by molar-refractivity contribution is -0.125. The number of carbonyl (C=O) groups is 4. The minimum atomic E-state index is -1.19. The van der Waals surface area contributed by atoms with Crippen LogP contribution in [0.5, 0.6) is 0 Å². The van der Waals surface area contributed by atoms with Gasteiger partial charge >= 0.3 is 12.2 Å². The average Bonchev–Trinajstić information content (AvgIpc) is 4.02. The van der Waals surface area contributed by atoms with E-state index >= 15 is 8.78 Å². The largest absolute Gasteiger partial charge is 0.465 e. The van der Waals surface area contributed by atoms with Crippen molar-refractivity contribution in [2.24, 2.45) is 23.7 Å². The third-order valence-electron chi connectivity index (χ3n) is 13.1. The van der Waals surface area contributed by atoms with Gasteiger partial charge in [-0.15, -0.1) is 0 Å². The maximum Gasteiger partial charge on any atom is 0.404 e. The van der Waals surface area contributed by atoms with Gasteiger partial charge in [0.25, 0.3) is 0 Å². The number of rotatable bonds is 20. The van der Waals surface area contributed by atoms with Gasteiger partial charge in [-0.2, -0.15) is 28.7 Å². The number of halogens is 4. The first-order valence-corrected chi connectivity index (χ1v) is 24.6. The van der Waals surface area contributed by atoms with Gasteiger partial charge in [0.05, 0.1) is 11.8 Å². The van der Waals surface area contributed by atoms with E-state index in [2.05, 4.69) is 62.1 Å². The van der Waals surface area contributed by atoms with Crippen LogP contribution in [0, 0.1) is 35.3 Å². The second-order valence-electron chi connectivity index (χ2n) is 18.9. The lowest BCUT2D eigenvalue weighted by Gasteiger charge is -2.38. The van der Waals surface area contributed by atoms with Crippen molar-refractivity contribution in [3.05, 3.63) is 22.2 Å². The van der Waals surface area contributed by atoms with Crippen LogP contribution in [0.15, 0.2) is 0 Å². The average molecular weight is 1000 g/mol. The highest BCUT2D eigenvalue weighted by atomic mass is 35.5. The van der Waals surface area contributed by atoms with E-state index in [1.807, 2.05) is 38.0 Å². The van der Waals surface area contributed by atoms with E-state index in [1.54, 1.807) is 0 Å². The summed E-state index contributed by atoms with van der Waals surface area (Å²) in [7, 11) is 7.89. The molecule has 4 amide bonds. The summed E-state index contributed by atoms with van der Waals surface area (Å²) >= 11 is 12.2. The zero-order chi connectivity index (χ0) is 49.3. The Balaban J connectivity index is 0.000000254. The summed E-state index contributed by atoms with van der Waals surface area (Å²) in [5, 5.41) is 22.2. The molecule has 4 heterocycles. The SMILES string of the molecule is CN(C)C[C@@H]1CCCCN1c1nc(Cl)nc(NNC(=O)[C@@H](CNC(=O)O)CC2CCCC2)c1F.CN(C)C[C@@H]1CCCCN1c1nc(Cl)nc(NNC(=O)[C@@H](CNC(=O)O)CC2CCCC2)c1F. The van der Waals surface area contributed by atoms with Gasteiger partial charge < -0.3 is 40.4 Å². The number of hydrogen-bond acceptors (Lipinski definition) is 14. The fraction of sp³-hybridized carbons (Fsp3) is 0.727. The van der Waals surface area contributed by atoms with Gasteiger partial charge in [0.2, 0.25) is 34.0 Å². The summed E-state index contributed by atoms with van der Waals surface area (Å²) in [5.74, 6) is -2.89. The molecule has 0 bridgehead atoms. The summed E-state index contributed by atoms with van der Waals surface area (Å²) in [4.78, 5) is 71.7. The summed E-state index contributed by atoms with van der Waals surface area (Å²) in [6.45, 7) is 2.77. The standard InChI is InChI=1S/2C22H35ClFN7O3/c2*1-30(2)13-16-9-5-6-10-31(16)19-17(24)18(26-21(23)27-19)28-29-20(32)15(12-25-22(33)34)11-14-7-3-4-8-14/h2*14-16,25H,3-13H2,1-2H3,(H,29,32)(H,33,34)(H,26,27,28)/t2*15-,16+/m11/s1. The fourth-order valence-electron chi connectivity index (χ4n) is 9.87. The Morgan fingerprint density at radius 3 is 1.29 bits per heavy atom. The molecule has 24 heteroatoms. The number of hydrazine groups is 2. The van der Waals surface area contributed by atoms with Crippen molar-refractivity contribution in [2.45, 2.75) is 115 Å². The number of piperidine rings is 2. The molecule has 2 aliphatic heterocycles. The number of aromatic nitrogens is 4. The van der Waals surface area contributed by atoms with Crippen LogP contribution < -0.4 is 42.1 Å². The van der Waals surface area contributed by atoms with Crippen LogP contribution in [0.25, 0.3) is 0 Å². The van der Waals surface area contributed by atoms with E-state index in [4.69, 9.17) is 33.4 Å². The first kappa shape index (κ1) is 54.1. The summed E-state index contributed by atoms with van der Waals surface area (Å²) in [6, 6.07) is 0.175. The molecule has 4 aliphatic rings. The van der Waals surface area contributed by atoms with Gasteiger partial charge in [-0.1, -0.05) is 51.4 Å². The second-order valence-corrected chi connectivity index (χ2v) is 19.6. The van der Waals surface area contributed by atoms with Gasteiger partial charge in [0, 0.05) is 51.4 Å². The molecule has 20 nitrogen and oxygen atoms in total. The van der Waals surface area contributed by atoms with Crippen molar-refractivity contribution in [2.75, 3.05) is 88.1 Å². The number of amides is 4. The predicted octanol–water partition coefficient (Wildman–Crippen LogP) is 6.19. The smallest absolute Gasteiger partial charge is 0.404 e. The van der Waals surface area contributed by atoms with Crippen molar-refractivity contribution in [3.8, 4) is 0 Å². The van der Waals surface area contributed by atoms with Gasteiger partial charge in [-0.25, -0.2) is 9.59 Å². The predicted molar refractivity (Wildman–Crippen MR) is 257 cm³/mol. The molecule has 6 rings (SSSR count). The lowest BCUT2D eigenvalue weighted by Crippen LogP contribution is -2.46. The molecule has 68 heavy (non-hydrogen) atoms. The Kier molecular flexibility index (Phi) is 21.4. The van der Waals surface area contributed by atoms with Gasteiger partial charge in [-0.05, 0) is 115 Å². The van der Waals surface area contributed by atoms with E-state index in [-0.39, 0.29) is 59.0 Å². The minimum absolute atomic E-state index is 0.0163. The second kappa shape index (κ2) is 26.8. The Morgan fingerprint density at radius 1 is 0.603 bits per heavy atom. The normalized spacial score (nSPS) is 19.8. The summed E-state index contributed by atoms with van der Waals surface area (Å²) in [6.07, 6.45) is 13.1. The molecule has 2 aromatic heterocycles. The number of nitrogens with zero attached hydrogens (tertiary/aromatic N) is 8. The number of nitrogens with one attached hydrogen (secondary N) is 6. The van der Waals surface area contributed by atoms with E-state index < -0.39 is 47.5 Å². The van der Waals surface area contributed by atoms with Crippen LogP contribution in [0.4, 0.5) is 41.6 Å². The van der Waals surface area contributed by atoms with E-state index in [0.717, 1.165) is 103 Å². The van der Waals surface area contributed by atoms with Crippen LogP contribution in [-0.4, -0.2) is 143 Å². The third kappa shape index (κ3) is 16.7. The molecule has 8 N–H and O–H groups in total. The molecular formula is C44H70Cl2F2N14O6. The molecule has 4 atom stereocenters. The Labute approximate surface area is 407 Å². The van der Waals surface area contributed by atoms with Crippen LogP contribution in [0.3, 0.4) is 0 Å². The molecule has 0 aromatic carbocycles. The number of anilines is 4. The Morgan fingerprint density at radius 2 is 0.956 bits per heavy atom. The van der Waals surface area contributed by atoms with E-state index in [1.165, 1.54) is 0 Å². The van der Waals surface area contributed by atoms with Crippen molar-refractivity contribution < 1.29 is 38.2 Å². The van der Waals surface area contributed by atoms with Crippen LogP contribution in [0.1, 0.15) is 103 Å². The van der Waals surface area contributed by atoms with Crippen molar-refractivity contribution >= 4 is 70.5 Å². The van der Waals surface area contributed by atoms with E-state index in [0.29, 0.717) is 37.8 Å². The van der Waals surface area contributed by atoms with Gasteiger partial charge in [0.15, 0.2) is 23.3 Å². The van der Waals surface area contributed by atoms with Crippen LogP contribution >= 0.6 is 23.2 Å². The number of likely N-dealkylation sites (N-methyl/N-ethyl adjacent to an activating group) is 2. The first-order valence-electron chi connectivity index (χ1n) is 23.8. The molecule has 0 spiro atoms. The molecule has 2 aromatic rings. The highest BCUT2D eigenvalue weighted by Crippen LogP contribution is 2.34. The first-order chi connectivity index (χ1) is 32.5. The van der Waals surface area contributed by atoms with Crippen molar-refractivity contribution in [1.29, 1.82) is 0 Å². The maximum atomic E-state index is 15.4. The number of carbonyl (C=O) groups excluding carboxylic acids is 2. The lowest BCUT2D eigenvalue weighted by atomic mass is 9.92. The molecule has 380 valence electrons. The summed E-state index contributed by atoms with van der Waals surface area (Å²) in [5.41, 5.74) is 10.1. The van der Waals surface area contributed by atoms with Crippen molar-refractivity contribution in [3.63, 3.8) is 0 Å². The molecule has 0 radical (unpaired) electrons. The van der Waals surface area contributed by atoms with Crippen LogP contribution in [-0.2, 0) is 9.59 Å². The molecule has 2 aliphatic carbocycles. The molecule has 2 saturated carbocycles. The molecule has 0 unspecified atom stereocenters. The van der Waals surface area contributed by atoms with Gasteiger partial charge in [0.1, 0.15) is 0 Å². The fourth-order valence-corrected chi connectivity index (χ4v) is 10.2. The Hall–Kier alpha value is -4.80. The zero-order valence-electron chi connectivity index (χ0n) is 39.6. The molecular weight excluding hydrogens is 929 g/mol. The van der Waals surface area contributed by atoms with Crippen molar-refractivity contribution in [1.82, 2.24) is 51.2 Å². The van der Waals surface area contributed by atoms with Crippen LogP contribution in [0.2, 0.25) is 10.6 Å². The topological polar surface area (TPSA) is 245 Å².